The minimum absolute atomic E-state index is 0.00878. The zero-order valence-electron chi connectivity index (χ0n) is 11.5. The van der Waals surface area contributed by atoms with Crippen molar-refractivity contribution in [2.45, 2.75) is 23.9 Å². The number of rotatable bonds is 5. The molecule has 0 spiro atoms. The maximum absolute atomic E-state index is 11.8. The molecule has 0 saturated carbocycles. The standard InChI is InChI=1S/C13H19N3O3S2/c14-21(18,19)12-3-1-10(2-4-12)8-16-13(17)7-11-9-20-6-5-15-11/h1-4,11,15H,5-9H2,(H,16,17)(H2,14,18,19). The largest absolute Gasteiger partial charge is 0.352 e. The van der Waals surface area contributed by atoms with Crippen LogP contribution in [0.15, 0.2) is 29.2 Å². The Labute approximate surface area is 128 Å². The van der Waals surface area contributed by atoms with Gasteiger partial charge in [-0.05, 0) is 17.7 Å². The number of benzene rings is 1. The monoisotopic (exact) mass is 329 g/mol. The number of sulfonamides is 1. The molecule has 1 aliphatic heterocycles. The van der Waals surface area contributed by atoms with Crippen LogP contribution in [-0.4, -0.2) is 38.4 Å². The van der Waals surface area contributed by atoms with E-state index < -0.39 is 10.0 Å². The van der Waals surface area contributed by atoms with Crippen molar-refractivity contribution in [3.8, 4) is 0 Å². The van der Waals surface area contributed by atoms with Crippen LogP contribution in [0.25, 0.3) is 0 Å². The van der Waals surface area contributed by atoms with E-state index in [-0.39, 0.29) is 16.8 Å². The number of hydrogen-bond acceptors (Lipinski definition) is 5. The van der Waals surface area contributed by atoms with Crippen molar-refractivity contribution in [3.63, 3.8) is 0 Å². The minimum Gasteiger partial charge on any atom is -0.352 e. The molecule has 1 heterocycles. The Morgan fingerprint density at radius 2 is 2.10 bits per heavy atom. The molecule has 1 saturated heterocycles. The van der Waals surface area contributed by atoms with Gasteiger partial charge >= 0.3 is 0 Å². The maximum atomic E-state index is 11.8. The highest BCUT2D eigenvalue weighted by Gasteiger charge is 2.16. The average molecular weight is 329 g/mol. The van der Waals surface area contributed by atoms with Crippen molar-refractivity contribution < 1.29 is 13.2 Å². The summed E-state index contributed by atoms with van der Waals surface area (Å²) in [7, 11) is -3.67. The van der Waals surface area contributed by atoms with Crippen molar-refractivity contribution in [1.82, 2.24) is 10.6 Å². The Hall–Kier alpha value is -1.09. The summed E-state index contributed by atoms with van der Waals surface area (Å²) in [6, 6.07) is 6.41. The molecule has 1 amide bonds. The van der Waals surface area contributed by atoms with Crippen LogP contribution in [-0.2, 0) is 21.4 Å². The topological polar surface area (TPSA) is 101 Å². The van der Waals surface area contributed by atoms with Gasteiger partial charge in [-0.3, -0.25) is 4.79 Å². The van der Waals surface area contributed by atoms with Gasteiger partial charge in [-0.25, -0.2) is 13.6 Å². The Bertz CT molecular complexity index is 581. The highest BCUT2D eigenvalue weighted by Crippen LogP contribution is 2.11. The van der Waals surface area contributed by atoms with Gasteiger partial charge in [0, 0.05) is 37.1 Å². The number of nitrogens with two attached hydrogens (primary N) is 1. The van der Waals surface area contributed by atoms with Gasteiger partial charge in [-0.15, -0.1) is 0 Å². The lowest BCUT2D eigenvalue weighted by Gasteiger charge is -2.22. The molecule has 2 rings (SSSR count). The van der Waals surface area contributed by atoms with E-state index in [0.29, 0.717) is 13.0 Å². The van der Waals surface area contributed by atoms with Crippen molar-refractivity contribution in [1.29, 1.82) is 0 Å². The Balaban J connectivity index is 1.81. The molecular formula is C13H19N3O3S2. The summed E-state index contributed by atoms with van der Waals surface area (Å²) >= 11 is 1.85. The lowest BCUT2D eigenvalue weighted by atomic mass is 10.2. The molecule has 0 bridgehead atoms. The van der Waals surface area contributed by atoms with E-state index in [0.717, 1.165) is 23.6 Å². The summed E-state index contributed by atoms with van der Waals surface area (Å²) in [5.41, 5.74) is 0.835. The highest BCUT2D eigenvalue weighted by molar-refractivity contribution is 7.99. The summed E-state index contributed by atoms with van der Waals surface area (Å²) in [5, 5.41) is 11.2. The van der Waals surface area contributed by atoms with Gasteiger partial charge in [0.05, 0.1) is 4.90 Å². The number of carbonyl (C=O) groups is 1. The number of thioether (sulfide) groups is 1. The molecule has 0 radical (unpaired) electrons. The van der Waals surface area contributed by atoms with Crippen LogP contribution in [0.5, 0.6) is 0 Å². The van der Waals surface area contributed by atoms with Crippen LogP contribution in [0.2, 0.25) is 0 Å². The van der Waals surface area contributed by atoms with Gasteiger partial charge < -0.3 is 10.6 Å². The maximum Gasteiger partial charge on any atom is 0.238 e. The number of carbonyl (C=O) groups excluding carboxylic acids is 1. The van der Waals surface area contributed by atoms with Gasteiger partial charge in [0.15, 0.2) is 0 Å². The molecule has 1 fully saturated rings. The lowest BCUT2D eigenvalue weighted by Crippen LogP contribution is -2.41. The summed E-state index contributed by atoms with van der Waals surface area (Å²) in [6.45, 7) is 1.32. The second kappa shape index (κ2) is 7.26. The molecule has 1 aliphatic rings. The molecule has 6 nitrogen and oxygen atoms in total. The third-order valence-corrected chi connectivity index (χ3v) is 5.23. The summed E-state index contributed by atoms with van der Waals surface area (Å²) in [4.78, 5) is 11.9. The molecule has 0 aromatic heterocycles. The highest BCUT2D eigenvalue weighted by atomic mass is 32.2. The van der Waals surface area contributed by atoms with E-state index in [1.807, 2.05) is 11.8 Å². The Morgan fingerprint density at radius 1 is 1.38 bits per heavy atom. The van der Waals surface area contributed by atoms with Gasteiger partial charge in [-0.2, -0.15) is 11.8 Å². The van der Waals surface area contributed by atoms with E-state index in [1.54, 1.807) is 12.1 Å². The Morgan fingerprint density at radius 3 is 2.67 bits per heavy atom. The van der Waals surface area contributed by atoms with Crippen LogP contribution in [0.3, 0.4) is 0 Å². The Kier molecular flexibility index (Phi) is 5.63. The molecule has 1 aromatic rings. The molecule has 8 heteroatoms. The van der Waals surface area contributed by atoms with Crippen LogP contribution >= 0.6 is 11.8 Å². The average Bonchev–Trinajstić information content (AvgIpc) is 2.46. The lowest BCUT2D eigenvalue weighted by molar-refractivity contribution is -0.121. The van der Waals surface area contributed by atoms with E-state index in [4.69, 9.17) is 5.14 Å². The van der Waals surface area contributed by atoms with Crippen LogP contribution in [0.1, 0.15) is 12.0 Å². The van der Waals surface area contributed by atoms with E-state index >= 15 is 0 Å². The molecule has 1 unspecified atom stereocenters. The van der Waals surface area contributed by atoms with Gasteiger partial charge in [0.25, 0.3) is 0 Å². The number of amides is 1. The molecule has 0 aliphatic carbocycles. The molecule has 4 N–H and O–H groups in total. The normalized spacial score (nSPS) is 19.2. The predicted octanol–water partition coefficient (Wildman–Crippen LogP) is 0.0453. The minimum atomic E-state index is -3.67. The fourth-order valence-corrected chi connectivity index (χ4v) is 3.51. The number of primary sulfonamides is 1. The molecular weight excluding hydrogens is 310 g/mol. The zero-order valence-corrected chi connectivity index (χ0v) is 13.2. The van der Waals surface area contributed by atoms with Crippen molar-refractivity contribution in [3.05, 3.63) is 29.8 Å². The number of hydrogen-bond donors (Lipinski definition) is 3. The third kappa shape index (κ3) is 5.31. The predicted molar refractivity (Wildman–Crippen MR) is 83.4 cm³/mol. The smallest absolute Gasteiger partial charge is 0.238 e. The van der Waals surface area contributed by atoms with Crippen molar-refractivity contribution >= 4 is 27.7 Å². The fourth-order valence-electron chi connectivity index (χ4n) is 2.04. The third-order valence-electron chi connectivity index (χ3n) is 3.17. The zero-order chi connectivity index (χ0) is 15.3. The molecule has 1 atom stereocenters. The first-order chi connectivity index (χ1) is 9.95. The van der Waals surface area contributed by atoms with Gasteiger partial charge in [-0.1, -0.05) is 12.1 Å². The summed E-state index contributed by atoms with van der Waals surface area (Å²) < 4.78 is 22.3. The van der Waals surface area contributed by atoms with Crippen LogP contribution < -0.4 is 15.8 Å². The summed E-state index contributed by atoms with van der Waals surface area (Å²) in [5.74, 6) is 2.04. The SMILES string of the molecule is NS(=O)(=O)c1ccc(CNC(=O)CC2CSCCN2)cc1. The van der Waals surface area contributed by atoms with Crippen LogP contribution in [0.4, 0.5) is 0 Å². The fraction of sp³-hybridized carbons (Fsp3) is 0.462. The first-order valence-corrected chi connectivity index (χ1v) is 9.35. The van der Waals surface area contributed by atoms with Gasteiger partial charge in [0.1, 0.15) is 0 Å². The van der Waals surface area contributed by atoms with Crippen LogP contribution in [0, 0.1) is 0 Å². The quantitative estimate of drug-likeness (QED) is 0.708. The van der Waals surface area contributed by atoms with Crippen molar-refractivity contribution in [2.75, 3.05) is 18.1 Å². The summed E-state index contributed by atoms with van der Waals surface area (Å²) in [6.07, 6.45) is 0.461. The van der Waals surface area contributed by atoms with Gasteiger partial charge in [0.2, 0.25) is 15.9 Å². The van der Waals surface area contributed by atoms with E-state index in [1.165, 1.54) is 12.1 Å². The molecule has 1 aromatic carbocycles. The molecule has 21 heavy (non-hydrogen) atoms. The van der Waals surface area contributed by atoms with E-state index in [2.05, 4.69) is 10.6 Å². The molecule has 116 valence electrons. The van der Waals surface area contributed by atoms with Crippen molar-refractivity contribution in [2.24, 2.45) is 5.14 Å². The van der Waals surface area contributed by atoms with E-state index in [9.17, 15) is 13.2 Å². The first-order valence-electron chi connectivity index (χ1n) is 6.65. The second-order valence-electron chi connectivity index (χ2n) is 4.90. The number of nitrogens with one attached hydrogen (secondary N) is 2. The first kappa shape index (κ1) is 16.3. The second-order valence-corrected chi connectivity index (χ2v) is 7.61.